The van der Waals surface area contributed by atoms with Crippen molar-refractivity contribution in [1.29, 1.82) is 0 Å². The van der Waals surface area contributed by atoms with E-state index >= 15 is 0 Å². The van der Waals surface area contributed by atoms with Crippen LogP contribution in [0.3, 0.4) is 0 Å². The number of esters is 2. The summed E-state index contributed by atoms with van der Waals surface area (Å²) in [7, 11) is 0. The Morgan fingerprint density at radius 2 is 1.44 bits per heavy atom. The van der Waals surface area contributed by atoms with Gasteiger partial charge < -0.3 is 24.4 Å². The van der Waals surface area contributed by atoms with Gasteiger partial charge in [-0.05, 0) is 72.2 Å². The van der Waals surface area contributed by atoms with Gasteiger partial charge in [-0.25, -0.2) is 9.59 Å². The van der Waals surface area contributed by atoms with Gasteiger partial charge in [0.2, 0.25) is 0 Å². The van der Waals surface area contributed by atoms with E-state index in [2.05, 4.69) is 5.32 Å². The summed E-state index contributed by atoms with van der Waals surface area (Å²) >= 11 is 11.7. The summed E-state index contributed by atoms with van der Waals surface area (Å²) in [4.78, 5) is 39.2. The van der Waals surface area contributed by atoms with Crippen LogP contribution in [0.4, 0.5) is 10.5 Å². The molecule has 34 heavy (non-hydrogen) atoms. The van der Waals surface area contributed by atoms with Crippen molar-refractivity contribution in [2.24, 2.45) is 0 Å². The standard InChI is InChI=1S/C24H36Cl2N2O6/c1-23(2,3)33-20(29)12-11-19(21(30)34-24(4,5)6)27-22(31)32-18-9-7-17(8-10-18)28(15-13-25)16-14-26/h7-10,19H,11-16H2,1-6H3,(H,27,31)/t19-/m0/s1. The lowest BCUT2D eigenvalue weighted by atomic mass is 10.1. The molecule has 0 fully saturated rings. The highest BCUT2D eigenvalue weighted by Gasteiger charge is 2.29. The Kier molecular flexibility index (Phi) is 12.0. The smallest absolute Gasteiger partial charge is 0.413 e. The van der Waals surface area contributed by atoms with Crippen molar-refractivity contribution in [1.82, 2.24) is 5.32 Å². The Hall–Kier alpha value is -2.19. The van der Waals surface area contributed by atoms with Crippen LogP contribution in [-0.4, -0.2) is 60.1 Å². The van der Waals surface area contributed by atoms with Crippen molar-refractivity contribution in [2.45, 2.75) is 71.6 Å². The fourth-order valence-electron chi connectivity index (χ4n) is 2.85. The molecule has 0 saturated heterocycles. The van der Waals surface area contributed by atoms with Gasteiger partial charge in [-0.1, -0.05) is 0 Å². The number of alkyl halides is 2. The molecule has 1 aromatic carbocycles. The molecule has 0 aliphatic heterocycles. The van der Waals surface area contributed by atoms with E-state index < -0.39 is 35.3 Å². The number of carbonyl (C=O) groups excluding carboxylic acids is 3. The number of nitrogens with one attached hydrogen (secondary N) is 1. The second kappa shape index (κ2) is 13.6. The van der Waals surface area contributed by atoms with Crippen molar-refractivity contribution >= 4 is 46.9 Å². The van der Waals surface area contributed by atoms with Gasteiger partial charge in [0, 0.05) is 37.0 Å². The Balaban J connectivity index is 2.82. The van der Waals surface area contributed by atoms with Crippen LogP contribution in [0.15, 0.2) is 24.3 Å². The molecule has 1 aromatic rings. The second-order valence-electron chi connectivity index (χ2n) is 9.60. The number of rotatable bonds is 11. The molecule has 8 nitrogen and oxygen atoms in total. The largest absolute Gasteiger partial charge is 0.460 e. The van der Waals surface area contributed by atoms with Crippen LogP contribution in [0.25, 0.3) is 0 Å². The van der Waals surface area contributed by atoms with Crippen LogP contribution in [-0.2, 0) is 19.1 Å². The van der Waals surface area contributed by atoms with Crippen LogP contribution in [0.1, 0.15) is 54.4 Å². The lowest BCUT2D eigenvalue weighted by Gasteiger charge is -2.25. The van der Waals surface area contributed by atoms with Gasteiger partial charge in [0.15, 0.2) is 0 Å². The highest BCUT2D eigenvalue weighted by Crippen LogP contribution is 2.20. The van der Waals surface area contributed by atoms with Crippen LogP contribution in [0.5, 0.6) is 5.75 Å². The zero-order chi connectivity index (χ0) is 25.9. The van der Waals surface area contributed by atoms with E-state index in [1.165, 1.54) is 0 Å². The normalized spacial score (nSPS) is 12.5. The average molecular weight is 519 g/mol. The molecular formula is C24H36Cl2N2O6. The van der Waals surface area contributed by atoms with Crippen molar-refractivity contribution < 1.29 is 28.6 Å². The minimum atomic E-state index is -1.08. The number of anilines is 1. The summed E-state index contributed by atoms with van der Waals surface area (Å²) in [5.74, 6) is 0.0409. The van der Waals surface area contributed by atoms with E-state index in [-0.39, 0.29) is 18.6 Å². The van der Waals surface area contributed by atoms with E-state index in [0.29, 0.717) is 24.8 Å². The lowest BCUT2D eigenvalue weighted by molar-refractivity contribution is -0.158. The maximum atomic E-state index is 12.6. The van der Waals surface area contributed by atoms with E-state index in [0.717, 1.165) is 5.69 Å². The molecule has 0 heterocycles. The first kappa shape index (κ1) is 29.8. The molecule has 192 valence electrons. The van der Waals surface area contributed by atoms with Crippen molar-refractivity contribution in [2.75, 3.05) is 29.7 Å². The Bertz CT molecular complexity index is 797. The first-order valence-corrected chi connectivity index (χ1v) is 12.2. The van der Waals surface area contributed by atoms with Crippen LogP contribution in [0, 0.1) is 0 Å². The van der Waals surface area contributed by atoms with Crippen LogP contribution < -0.4 is 15.0 Å². The predicted octanol–water partition coefficient (Wildman–Crippen LogP) is 4.89. The molecule has 0 aromatic heterocycles. The number of amides is 1. The third kappa shape index (κ3) is 12.3. The van der Waals surface area contributed by atoms with Gasteiger partial charge in [-0.2, -0.15) is 0 Å². The Morgan fingerprint density at radius 1 is 0.912 bits per heavy atom. The third-order valence-electron chi connectivity index (χ3n) is 4.16. The highest BCUT2D eigenvalue weighted by atomic mass is 35.5. The van der Waals surface area contributed by atoms with Gasteiger partial charge in [0.25, 0.3) is 0 Å². The van der Waals surface area contributed by atoms with Crippen LogP contribution in [0.2, 0.25) is 0 Å². The van der Waals surface area contributed by atoms with Crippen molar-refractivity contribution in [3.8, 4) is 5.75 Å². The Morgan fingerprint density at radius 3 is 1.91 bits per heavy atom. The molecule has 1 amide bonds. The number of halogens is 2. The molecule has 0 unspecified atom stereocenters. The molecule has 0 saturated carbocycles. The number of benzene rings is 1. The number of ether oxygens (including phenoxy) is 3. The maximum Gasteiger partial charge on any atom is 0.413 e. The van der Waals surface area contributed by atoms with Gasteiger partial charge in [0.1, 0.15) is 23.0 Å². The first-order chi connectivity index (χ1) is 15.7. The van der Waals surface area contributed by atoms with Crippen molar-refractivity contribution in [3.05, 3.63) is 24.3 Å². The molecule has 0 aliphatic rings. The van der Waals surface area contributed by atoms with Crippen molar-refractivity contribution in [3.63, 3.8) is 0 Å². The molecule has 1 N–H and O–H groups in total. The summed E-state index contributed by atoms with van der Waals surface area (Å²) in [6.07, 6.45) is -0.914. The van der Waals surface area contributed by atoms with E-state index in [4.69, 9.17) is 37.4 Å². The topological polar surface area (TPSA) is 94.2 Å². The summed E-state index contributed by atoms with van der Waals surface area (Å²) in [6.45, 7) is 11.7. The summed E-state index contributed by atoms with van der Waals surface area (Å²) in [6, 6.07) is 5.76. The Labute approximate surface area is 212 Å². The summed E-state index contributed by atoms with van der Waals surface area (Å²) in [5, 5.41) is 2.50. The fraction of sp³-hybridized carbons (Fsp3) is 0.625. The molecule has 1 rings (SSSR count). The second-order valence-corrected chi connectivity index (χ2v) is 10.4. The third-order valence-corrected chi connectivity index (χ3v) is 4.50. The zero-order valence-corrected chi connectivity index (χ0v) is 22.3. The van der Waals surface area contributed by atoms with E-state index in [9.17, 15) is 14.4 Å². The predicted molar refractivity (Wildman–Crippen MR) is 134 cm³/mol. The zero-order valence-electron chi connectivity index (χ0n) is 20.8. The summed E-state index contributed by atoms with van der Waals surface area (Å²) < 4.78 is 16.0. The van der Waals surface area contributed by atoms with E-state index in [1.54, 1.807) is 65.8 Å². The fourth-order valence-corrected chi connectivity index (χ4v) is 3.26. The SMILES string of the molecule is CC(C)(C)OC(=O)CC[C@H](NC(=O)Oc1ccc(N(CCCl)CCCl)cc1)C(=O)OC(C)(C)C. The monoisotopic (exact) mass is 518 g/mol. The van der Waals surface area contributed by atoms with E-state index in [1.807, 2.05) is 4.90 Å². The van der Waals surface area contributed by atoms with Gasteiger partial charge in [0.05, 0.1) is 0 Å². The minimum Gasteiger partial charge on any atom is -0.460 e. The number of carbonyl (C=O) groups is 3. The summed E-state index contributed by atoms with van der Waals surface area (Å²) in [5.41, 5.74) is -0.529. The highest BCUT2D eigenvalue weighted by molar-refractivity contribution is 6.18. The molecule has 0 bridgehead atoms. The maximum absolute atomic E-state index is 12.6. The number of hydrogen-bond acceptors (Lipinski definition) is 7. The molecule has 1 atom stereocenters. The first-order valence-electron chi connectivity index (χ1n) is 11.1. The lowest BCUT2D eigenvalue weighted by Crippen LogP contribution is -2.45. The minimum absolute atomic E-state index is 0.00365. The van der Waals surface area contributed by atoms with Crippen LogP contribution >= 0.6 is 23.2 Å². The number of nitrogens with zero attached hydrogens (tertiary/aromatic N) is 1. The molecule has 0 radical (unpaired) electrons. The molecular weight excluding hydrogens is 483 g/mol. The quantitative estimate of drug-likeness (QED) is 0.329. The molecule has 0 aliphatic carbocycles. The van der Waals surface area contributed by atoms with Gasteiger partial charge in [-0.15, -0.1) is 23.2 Å². The average Bonchev–Trinajstić information content (AvgIpc) is 2.69. The van der Waals surface area contributed by atoms with Gasteiger partial charge >= 0.3 is 18.0 Å². The van der Waals surface area contributed by atoms with Gasteiger partial charge in [-0.3, -0.25) is 4.79 Å². The molecule has 10 heteroatoms. The number of hydrogen-bond donors (Lipinski definition) is 1. The molecule has 0 spiro atoms.